The van der Waals surface area contributed by atoms with Crippen LogP contribution in [0.4, 0.5) is 5.69 Å². The lowest BCUT2D eigenvalue weighted by molar-refractivity contribution is -0.136. The standard InChI is InChI=1S/C50H50N4O7S/c1-33-7-9-35(10-8-33)48-47(43-18-16-41(30-45(43)62-48)60-32-34-5-3-2-4-6-34)61-39-13-11-37(12-14-39)51-23-26-53-24-21-38(22-25-53)58-27-28-59-40-15-17-42-36(29-40)31-54(50(42)57)44-19-20-46(55)52-49(44)56/h2-18,29-30,38,44,51H,19-28,31-32H2,1H3,(H,52,55,56)/t44-/m0/s1. The number of anilines is 1. The highest BCUT2D eigenvalue weighted by Crippen LogP contribution is 2.47. The van der Waals surface area contributed by atoms with Crippen molar-refractivity contribution < 1.29 is 33.3 Å². The maximum Gasteiger partial charge on any atom is 0.255 e. The summed E-state index contributed by atoms with van der Waals surface area (Å²) in [6.45, 7) is 7.54. The van der Waals surface area contributed by atoms with E-state index < -0.39 is 11.9 Å². The number of carbonyl (C=O) groups is 3. The molecule has 318 valence electrons. The molecular weight excluding hydrogens is 801 g/mol. The van der Waals surface area contributed by atoms with Gasteiger partial charge in [0.15, 0.2) is 5.75 Å². The van der Waals surface area contributed by atoms with Gasteiger partial charge in [-0.3, -0.25) is 19.7 Å². The molecule has 62 heavy (non-hydrogen) atoms. The average molecular weight is 851 g/mol. The first-order valence-corrected chi connectivity index (χ1v) is 22.2. The van der Waals surface area contributed by atoms with E-state index in [1.54, 1.807) is 28.4 Å². The van der Waals surface area contributed by atoms with Crippen molar-refractivity contribution in [3.63, 3.8) is 0 Å². The summed E-state index contributed by atoms with van der Waals surface area (Å²) in [5.74, 6) is 2.23. The number of likely N-dealkylation sites (tertiary alicyclic amines) is 1. The Labute approximate surface area is 365 Å². The van der Waals surface area contributed by atoms with Gasteiger partial charge in [0.2, 0.25) is 11.8 Å². The van der Waals surface area contributed by atoms with Gasteiger partial charge in [-0.2, -0.15) is 0 Å². The van der Waals surface area contributed by atoms with Gasteiger partial charge in [-0.05, 0) is 104 Å². The molecule has 5 aromatic carbocycles. The van der Waals surface area contributed by atoms with Gasteiger partial charge in [0.1, 0.15) is 36.5 Å². The zero-order valence-corrected chi connectivity index (χ0v) is 35.6. The molecule has 2 saturated heterocycles. The predicted molar refractivity (Wildman–Crippen MR) is 241 cm³/mol. The Morgan fingerprint density at radius 3 is 2.34 bits per heavy atom. The minimum Gasteiger partial charge on any atom is -0.491 e. The molecule has 12 heteroatoms. The second kappa shape index (κ2) is 18.8. The monoisotopic (exact) mass is 850 g/mol. The molecule has 2 fully saturated rings. The molecule has 0 radical (unpaired) electrons. The number of thiophene rings is 1. The minimum absolute atomic E-state index is 0.191. The number of piperidine rings is 2. The van der Waals surface area contributed by atoms with Crippen LogP contribution in [-0.2, 0) is 27.5 Å². The Hall–Kier alpha value is -6.21. The first kappa shape index (κ1) is 41.2. The minimum atomic E-state index is -0.632. The zero-order chi connectivity index (χ0) is 42.4. The third-order valence-electron chi connectivity index (χ3n) is 11.7. The van der Waals surface area contributed by atoms with E-state index in [4.69, 9.17) is 18.9 Å². The van der Waals surface area contributed by atoms with Gasteiger partial charge in [-0.25, -0.2) is 0 Å². The van der Waals surface area contributed by atoms with Gasteiger partial charge in [-0.15, -0.1) is 11.3 Å². The van der Waals surface area contributed by atoms with Crippen molar-refractivity contribution in [3.05, 3.63) is 138 Å². The van der Waals surface area contributed by atoms with E-state index in [1.165, 1.54) is 5.56 Å². The van der Waals surface area contributed by atoms with Crippen LogP contribution in [0.3, 0.4) is 0 Å². The van der Waals surface area contributed by atoms with Crippen LogP contribution in [0.1, 0.15) is 52.7 Å². The lowest BCUT2D eigenvalue weighted by atomic mass is 10.0. The number of ether oxygens (including phenoxy) is 4. The smallest absolute Gasteiger partial charge is 0.255 e. The maximum atomic E-state index is 13.0. The number of benzene rings is 5. The molecule has 0 unspecified atom stereocenters. The van der Waals surface area contributed by atoms with Gasteiger partial charge < -0.3 is 34.1 Å². The number of fused-ring (bicyclic) bond motifs is 2. The summed E-state index contributed by atoms with van der Waals surface area (Å²) in [6, 6.07) is 38.0. The highest BCUT2D eigenvalue weighted by Gasteiger charge is 2.39. The van der Waals surface area contributed by atoms with Gasteiger partial charge in [-0.1, -0.05) is 60.2 Å². The van der Waals surface area contributed by atoms with Crippen molar-refractivity contribution in [1.29, 1.82) is 0 Å². The van der Waals surface area contributed by atoms with E-state index in [-0.39, 0.29) is 24.3 Å². The molecule has 3 aliphatic rings. The van der Waals surface area contributed by atoms with Crippen molar-refractivity contribution >= 4 is 44.8 Å². The number of nitrogens with zero attached hydrogens (tertiary/aromatic N) is 2. The quantitative estimate of drug-likeness (QED) is 0.0727. The van der Waals surface area contributed by atoms with Crippen molar-refractivity contribution in [2.24, 2.45) is 0 Å². The Bertz CT molecular complexity index is 2540. The second-order valence-corrected chi connectivity index (χ2v) is 17.1. The molecule has 1 aromatic heterocycles. The molecule has 3 aliphatic heterocycles. The Morgan fingerprint density at radius 1 is 0.790 bits per heavy atom. The van der Waals surface area contributed by atoms with Crippen LogP contribution in [0.5, 0.6) is 23.0 Å². The van der Waals surface area contributed by atoms with Crippen LogP contribution in [0.15, 0.2) is 115 Å². The summed E-state index contributed by atoms with van der Waals surface area (Å²) in [6.07, 6.45) is 2.69. The molecule has 0 aliphatic carbocycles. The van der Waals surface area contributed by atoms with Crippen LogP contribution in [-0.4, -0.2) is 79.1 Å². The third-order valence-corrected chi connectivity index (χ3v) is 12.9. The SMILES string of the molecule is Cc1ccc(-c2sc3cc(OCc4ccccc4)ccc3c2Oc2ccc(NCCN3CCC(OCCOc4ccc5c(c4)CN([C@H]4CCC(=O)NC4=O)C5=O)CC3)cc2)cc1. The Balaban J connectivity index is 0.713. The van der Waals surface area contributed by atoms with Gasteiger partial charge in [0, 0.05) is 60.5 Å². The van der Waals surface area contributed by atoms with Crippen LogP contribution in [0, 0.1) is 6.92 Å². The maximum absolute atomic E-state index is 13.0. The fraction of sp³-hybridized carbons (Fsp3) is 0.300. The van der Waals surface area contributed by atoms with E-state index in [0.717, 1.165) is 93.6 Å². The van der Waals surface area contributed by atoms with E-state index in [1.807, 2.05) is 42.5 Å². The fourth-order valence-corrected chi connectivity index (χ4v) is 9.48. The van der Waals surface area contributed by atoms with E-state index in [0.29, 0.717) is 44.1 Å². The summed E-state index contributed by atoms with van der Waals surface area (Å²) in [7, 11) is 0. The molecule has 0 bridgehead atoms. The van der Waals surface area contributed by atoms with Crippen LogP contribution >= 0.6 is 11.3 Å². The summed E-state index contributed by atoms with van der Waals surface area (Å²) >= 11 is 1.72. The van der Waals surface area contributed by atoms with Gasteiger partial charge >= 0.3 is 0 Å². The van der Waals surface area contributed by atoms with E-state index >= 15 is 0 Å². The molecule has 4 heterocycles. The van der Waals surface area contributed by atoms with Crippen LogP contribution < -0.4 is 24.8 Å². The number of aryl methyl sites for hydroxylation is 1. The number of imide groups is 1. The fourth-order valence-electron chi connectivity index (χ4n) is 8.31. The van der Waals surface area contributed by atoms with E-state index in [2.05, 4.69) is 83.1 Å². The normalized spacial score (nSPS) is 17.0. The summed E-state index contributed by atoms with van der Waals surface area (Å²) < 4.78 is 26.1. The number of amides is 3. The van der Waals surface area contributed by atoms with Crippen molar-refractivity contribution in [2.45, 2.75) is 57.9 Å². The van der Waals surface area contributed by atoms with E-state index in [9.17, 15) is 14.4 Å². The number of carbonyl (C=O) groups excluding carboxylic acids is 3. The van der Waals surface area contributed by atoms with Crippen LogP contribution in [0.2, 0.25) is 0 Å². The average Bonchev–Trinajstić information content (AvgIpc) is 3.81. The van der Waals surface area contributed by atoms with Gasteiger partial charge in [0.25, 0.3) is 5.91 Å². The zero-order valence-electron chi connectivity index (χ0n) is 34.8. The molecule has 3 amide bonds. The van der Waals surface area contributed by atoms with Crippen molar-refractivity contribution in [2.75, 3.05) is 44.7 Å². The van der Waals surface area contributed by atoms with Crippen molar-refractivity contribution in [1.82, 2.24) is 15.1 Å². The number of nitrogens with one attached hydrogen (secondary N) is 2. The molecule has 2 N–H and O–H groups in total. The summed E-state index contributed by atoms with van der Waals surface area (Å²) in [4.78, 5) is 42.0. The van der Waals surface area contributed by atoms with Crippen molar-refractivity contribution in [3.8, 4) is 33.4 Å². The topological polar surface area (TPSA) is 119 Å². The molecule has 0 saturated carbocycles. The number of rotatable bonds is 16. The molecule has 6 aromatic rings. The first-order chi connectivity index (χ1) is 30.3. The first-order valence-electron chi connectivity index (χ1n) is 21.4. The number of hydrogen-bond donors (Lipinski definition) is 2. The second-order valence-electron chi connectivity index (χ2n) is 16.1. The molecule has 9 rings (SSSR count). The molecular formula is C50H50N4O7S. The molecule has 1 atom stereocenters. The van der Waals surface area contributed by atoms with Crippen LogP contribution in [0.25, 0.3) is 20.5 Å². The number of hydrogen-bond acceptors (Lipinski definition) is 10. The largest absolute Gasteiger partial charge is 0.491 e. The third kappa shape index (κ3) is 9.63. The highest BCUT2D eigenvalue weighted by atomic mass is 32.1. The van der Waals surface area contributed by atoms with Gasteiger partial charge in [0.05, 0.1) is 17.6 Å². The molecule has 0 spiro atoms. The summed E-state index contributed by atoms with van der Waals surface area (Å²) in [5, 5.41) is 6.98. The highest BCUT2D eigenvalue weighted by molar-refractivity contribution is 7.22. The Kier molecular flexibility index (Phi) is 12.5. The summed E-state index contributed by atoms with van der Waals surface area (Å²) in [5.41, 5.74) is 5.91. The lowest BCUT2D eigenvalue weighted by Crippen LogP contribution is -2.52. The molecule has 11 nitrogen and oxygen atoms in total. The Morgan fingerprint density at radius 2 is 1.55 bits per heavy atom. The lowest BCUT2D eigenvalue weighted by Gasteiger charge is -2.32. The predicted octanol–water partition coefficient (Wildman–Crippen LogP) is 8.98.